The van der Waals surface area contributed by atoms with Gasteiger partial charge in [0.05, 0.1) is 16.1 Å². The highest BCUT2D eigenvalue weighted by molar-refractivity contribution is 6.33. The van der Waals surface area contributed by atoms with E-state index in [0.29, 0.717) is 0 Å². The number of hydrogen-bond acceptors (Lipinski definition) is 6. The van der Waals surface area contributed by atoms with Crippen LogP contribution in [0.15, 0.2) is 57.9 Å². The van der Waals surface area contributed by atoms with Gasteiger partial charge >= 0.3 is 17.9 Å². The number of halogens is 5. The fourth-order valence-corrected chi connectivity index (χ4v) is 4.47. The quantitative estimate of drug-likeness (QED) is 0.305. The third-order valence-corrected chi connectivity index (χ3v) is 6.65. The minimum Gasteiger partial charge on any atom is -0.478 e. The normalized spacial score (nSPS) is 14.4. The molecule has 0 aliphatic carbocycles. The van der Waals surface area contributed by atoms with Crippen molar-refractivity contribution in [3.05, 3.63) is 85.9 Å². The molecule has 0 fully saturated rings. The number of carboxylic acid groups (broad SMARTS) is 1. The minimum absolute atomic E-state index is 0.0396. The predicted molar refractivity (Wildman–Crippen MR) is 128 cm³/mol. The van der Waals surface area contributed by atoms with Crippen LogP contribution in [0, 0.1) is 0 Å². The molecule has 2 unspecified atom stereocenters. The molecule has 0 bridgehead atoms. The SMILES string of the molecule is CC(c1ccc(Oc2cc(Cl)c(C(=O)O)cn2)cc1Cl)C(O)(c1ccc2oc(=O)n(C)c2c1)C(F)(F)F. The molecule has 0 saturated carbocycles. The third-order valence-electron chi connectivity index (χ3n) is 6.01. The molecule has 8 nitrogen and oxygen atoms in total. The summed E-state index contributed by atoms with van der Waals surface area (Å²) in [5.74, 6) is -3.63. The van der Waals surface area contributed by atoms with Crippen molar-refractivity contribution in [2.45, 2.75) is 24.6 Å². The molecule has 2 N–H and O–H groups in total. The summed E-state index contributed by atoms with van der Waals surface area (Å²) in [5, 5.41) is 19.9. The summed E-state index contributed by atoms with van der Waals surface area (Å²) in [7, 11) is 1.33. The number of carbonyl (C=O) groups is 1. The molecule has 0 spiro atoms. The van der Waals surface area contributed by atoms with Crippen molar-refractivity contribution in [3.63, 3.8) is 0 Å². The largest absolute Gasteiger partial charge is 0.478 e. The molecular formula is C24H17Cl2F3N2O6. The Morgan fingerprint density at radius 3 is 2.43 bits per heavy atom. The number of pyridine rings is 1. The first-order valence-corrected chi connectivity index (χ1v) is 11.2. The number of aryl methyl sites for hydroxylation is 1. The Bertz CT molecular complexity index is 1580. The molecule has 0 aliphatic rings. The highest BCUT2D eigenvalue weighted by atomic mass is 35.5. The number of aliphatic hydroxyl groups is 1. The van der Waals surface area contributed by atoms with Gasteiger partial charge in [-0.25, -0.2) is 14.6 Å². The van der Waals surface area contributed by atoms with E-state index in [1.54, 1.807) is 0 Å². The van der Waals surface area contributed by atoms with Crippen molar-refractivity contribution < 1.29 is 37.3 Å². The van der Waals surface area contributed by atoms with Gasteiger partial charge in [0, 0.05) is 30.3 Å². The predicted octanol–water partition coefficient (Wildman–Crippen LogP) is 5.88. The Morgan fingerprint density at radius 2 is 1.84 bits per heavy atom. The van der Waals surface area contributed by atoms with Crippen LogP contribution < -0.4 is 10.5 Å². The van der Waals surface area contributed by atoms with E-state index in [0.717, 1.165) is 29.0 Å². The topological polar surface area (TPSA) is 115 Å². The number of aromatic nitrogens is 2. The second-order valence-corrected chi connectivity index (χ2v) is 9.00. The number of benzene rings is 2. The molecular weight excluding hydrogens is 540 g/mol. The van der Waals surface area contributed by atoms with Crippen LogP contribution >= 0.6 is 23.2 Å². The van der Waals surface area contributed by atoms with E-state index in [1.165, 1.54) is 38.2 Å². The van der Waals surface area contributed by atoms with Gasteiger partial charge in [-0.1, -0.05) is 42.3 Å². The minimum atomic E-state index is -5.13. The molecule has 2 atom stereocenters. The molecule has 2 aromatic heterocycles. The Labute approximate surface area is 216 Å². The lowest BCUT2D eigenvalue weighted by Gasteiger charge is -2.37. The summed E-state index contributed by atoms with van der Waals surface area (Å²) in [6, 6.07) is 8.24. The first kappa shape index (κ1) is 26.5. The van der Waals surface area contributed by atoms with Crippen LogP contribution in [-0.4, -0.2) is 31.9 Å². The average molecular weight is 557 g/mol. The van der Waals surface area contributed by atoms with E-state index >= 15 is 0 Å². The Kier molecular flexibility index (Phi) is 6.74. The lowest BCUT2D eigenvalue weighted by molar-refractivity contribution is -0.274. The number of rotatable bonds is 6. The van der Waals surface area contributed by atoms with Crippen LogP contribution in [0.2, 0.25) is 10.0 Å². The third kappa shape index (κ3) is 4.65. The number of aromatic carboxylic acids is 1. The van der Waals surface area contributed by atoms with Crippen molar-refractivity contribution in [3.8, 4) is 11.6 Å². The van der Waals surface area contributed by atoms with E-state index in [-0.39, 0.29) is 43.9 Å². The van der Waals surface area contributed by atoms with Crippen LogP contribution in [0.1, 0.15) is 34.3 Å². The second-order valence-electron chi connectivity index (χ2n) is 8.19. The summed E-state index contributed by atoms with van der Waals surface area (Å²) in [6.07, 6.45) is -4.14. The lowest BCUT2D eigenvalue weighted by atomic mass is 9.77. The number of alkyl halides is 3. The van der Waals surface area contributed by atoms with E-state index in [1.807, 2.05) is 0 Å². The summed E-state index contributed by atoms with van der Waals surface area (Å²) < 4.78 is 54.7. The lowest BCUT2D eigenvalue weighted by Crippen LogP contribution is -2.46. The monoisotopic (exact) mass is 556 g/mol. The van der Waals surface area contributed by atoms with Gasteiger partial charge in [-0.2, -0.15) is 13.2 Å². The number of carboxylic acids is 1. The standard InChI is InChI=1S/C24H17Cl2F3N2O6/c1-11(23(35,24(27,28)29)12-3-6-19-18(7-12)31(2)22(34)37-19)14-5-4-13(8-16(14)25)36-20-9-17(26)15(10-30-20)21(32)33/h3-11,35H,1-2H3,(H,32,33). The van der Waals surface area contributed by atoms with Gasteiger partial charge < -0.3 is 19.4 Å². The molecule has 2 heterocycles. The summed E-state index contributed by atoms with van der Waals surface area (Å²) >= 11 is 12.2. The average Bonchev–Trinajstić information content (AvgIpc) is 3.10. The van der Waals surface area contributed by atoms with Crippen LogP contribution in [0.5, 0.6) is 11.6 Å². The number of fused-ring (bicyclic) bond motifs is 1. The molecule has 2 aromatic carbocycles. The maximum Gasteiger partial charge on any atom is 0.422 e. The van der Waals surface area contributed by atoms with E-state index in [4.69, 9.17) is 37.5 Å². The zero-order chi connectivity index (χ0) is 27.3. The first-order chi connectivity index (χ1) is 17.2. The highest BCUT2D eigenvalue weighted by Crippen LogP contribution is 2.50. The fraction of sp³-hybridized carbons (Fsp3) is 0.208. The van der Waals surface area contributed by atoms with Crippen LogP contribution in [0.25, 0.3) is 11.1 Å². The number of nitrogens with zero attached hydrogens (tertiary/aromatic N) is 2. The molecule has 0 saturated heterocycles. The van der Waals surface area contributed by atoms with E-state index in [2.05, 4.69) is 4.98 Å². The fourth-order valence-electron chi connectivity index (χ4n) is 3.92. The van der Waals surface area contributed by atoms with Gasteiger partial charge in [0.25, 0.3) is 0 Å². The zero-order valence-corrected chi connectivity index (χ0v) is 20.5. The van der Waals surface area contributed by atoms with Gasteiger partial charge in [0.1, 0.15) is 5.75 Å². The second kappa shape index (κ2) is 9.40. The molecule has 194 valence electrons. The zero-order valence-electron chi connectivity index (χ0n) is 19.0. The Balaban J connectivity index is 1.71. The van der Waals surface area contributed by atoms with Crippen molar-refractivity contribution in [1.29, 1.82) is 0 Å². The molecule has 4 aromatic rings. The van der Waals surface area contributed by atoms with Crippen molar-refractivity contribution in [1.82, 2.24) is 9.55 Å². The maximum absolute atomic E-state index is 14.4. The molecule has 37 heavy (non-hydrogen) atoms. The van der Waals surface area contributed by atoms with Crippen LogP contribution in [-0.2, 0) is 12.6 Å². The summed E-state index contributed by atoms with van der Waals surface area (Å²) in [4.78, 5) is 26.7. The van der Waals surface area contributed by atoms with Crippen LogP contribution in [0.3, 0.4) is 0 Å². The van der Waals surface area contributed by atoms with Gasteiger partial charge in [0.2, 0.25) is 5.88 Å². The highest BCUT2D eigenvalue weighted by Gasteiger charge is 2.59. The molecule has 0 aliphatic heterocycles. The van der Waals surface area contributed by atoms with Crippen molar-refractivity contribution in [2.75, 3.05) is 0 Å². The maximum atomic E-state index is 14.4. The Hall–Kier alpha value is -3.54. The van der Waals surface area contributed by atoms with E-state index in [9.17, 15) is 27.9 Å². The van der Waals surface area contributed by atoms with Crippen molar-refractivity contribution >= 4 is 40.3 Å². The number of hydrogen-bond donors (Lipinski definition) is 2. The van der Waals surface area contributed by atoms with Gasteiger partial charge in [-0.05, 0) is 35.4 Å². The number of oxazole rings is 1. The molecule has 13 heteroatoms. The summed E-state index contributed by atoms with van der Waals surface area (Å²) in [5.41, 5.74) is -4.03. The number of ether oxygens (including phenoxy) is 1. The molecule has 0 amide bonds. The van der Waals surface area contributed by atoms with Gasteiger partial charge in [-0.15, -0.1) is 0 Å². The summed E-state index contributed by atoms with van der Waals surface area (Å²) in [6.45, 7) is 1.17. The first-order valence-electron chi connectivity index (χ1n) is 10.5. The molecule has 4 rings (SSSR count). The van der Waals surface area contributed by atoms with Gasteiger partial charge in [-0.3, -0.25) is 4.57 Å². The Morgan fingerprint density at radius 1 is 1.14 bits per heavy atom. The smallest absolute Gasteiger partial charge is 0.422 e. The molecule has 0 radical (unpaired) electrons. The van der Waals surface area contributed by atoms with Crippen LogP contribution in [0.4, 0.5) is 13.2 Å². The van der Waals surface area contributed by atoms with Gasteiger partial charge in [0.15, 0.2) is 11.2 Å². The van der Waals surface area contributed by atoms with E-state index < -0.39 is 35.0 Å². The van der Waals surface area contributed by atoms with Crippen molar-refractivity contribution in [2.24, 2.45) is 7.05 Å².